The lowest BCUT2D eigenvalue weighted by Crippen LogP contribution is -2.23. The molecule has 1 aromatic heterocycles. The highest BCUT2D eigenvalue weighted by molar-refractivity contribution is 6.31. The van der Waals surface area contributed by atoms with Crippen LogP contribution in [0.15, 0.2) is 66.9 Å². The summed E-state index contributed by atoms with van der Waals surface area (Å²) in [6.07, 6.45) is 1.50. The van der Waals surface area contributed by atoms with Gasteiger partial charge in [-0.05, 0) is 42.0 Å². The molecule has 7 heteroatoms. The Balaban J connectivity index is 1.61. The van der Waals surface area contributed by atoms with Crippen LogP contribution in [0.1, 0.15) is 22.8 Å². The maximum absolute atomic E-state index is 12.3. The van der Waals surface area contributed by atoms with Gasteiger partial charge in [0.15, 0.2) is 0 Å². The van der Waals surface area contributed by atoms with E-state index in [9.17, 15) is 9.59 Å². The normalized spacial score (nSPS) is 10.2. The molecule has 0 bridgehead atoms. The molecule has 0 aliphatic rings. The summed E-state index contributed by atoms with van der Waals surface area (Å²) in [5, 5.41) is 9.30. The number of amides is 2. The first-order valence-corrected chi connectivity index (χ1v) is 9.01. The maximum Gasteiger partial charge on any atom is 0.253 e. The molecule has 0 spiro atoms. The smallest absolute Gasteiger partial charge is 0.253 e. The number of aromatic nitrogens is 1. The molecule has 0 atom stereocenters. The molecule has 1 heterocycles. The third-order valence-corrected chi connectivity index (χ3v) is 4.25. The average Bonchev–Trinajstić information content (AvgIpc) is 2.67. The van der Waals surface area contributed by atoms with E-state index in [0.29, 0.717) is 28.6 Å². The van der Waals surface area contributed by atoms with Crippen LogP contribution >= 0.6 is 11.6 Å². The van der Waals surface area contributed by atoms with Crippen molar-refractivity contribution in [2.75, 3.05) is 10.6 Å². The molecule has 3 rings (SSSR count). The van der Waals surface area contributed by atoms with Gasteiger partial charge in [0.25, 0.3) is 5.91 Å². The Morgan fingerprint density at radius 1 is 1.00 bits per heavy atom. The largest absolute Gasteiger partial charge is 0.348 e. The second kappa shape index (κ2) is 9.01. The molecule has 142 valence electrons. The van der Waals surface area contributed by atoms with Gasteiger partial charge in [-0.2, -0.15) is 0 Å². The van der Waals surface area contributed by atoms with E-state index in [0.717, 1.165) is 11.3 Å². The first-order chi connectivity index (χ1) is 13.5. The van der Waals surface area contributed by atoms with Crippen LogP contribution in [0.5, 0.6) is 0 Å². The zero-order valence-corrected chi connectivity index (χ0v) is 16.0. The highest BCUT2D eigenvalue weighted by Gasteiger charge is 2.08. The van der Waals surface area contributed by atoms with Crippen LogP contribution in [0.4, 0.5) is 17.2 Å². The number of nitrogens with one attached hydrogen (secondary N) is 3. The lowest BCUT2D eigenvalue weighted by molar-refractivity contribution is -0.114. The number of pyridine rings is 1. The van der Waals surface area contributed by atoms with E-state index in [4.69, 9.17) is 11.6 Å². The SMILES string of the molecule is CC(=O)Nc1cccc(Nc2ccc(C(=O)NCc3ccccc3Cl)cn2)c1. The number of halogens is 1. The van der Waals surface area contributed by atoms with Crippen molar-refractivity contribution in [2.45, 2.75) is 13.5 Å². The fourth-order valence-corrected chi connectivity index (χ4v) is 2.75. The third kappa shape index (κ3) is 5.31. The molecule has 0 saturated heterocycles. The second-order valence-corrected chi connectivity index (χ2v) is 6.50. The fraction of sp³-hybridized carbons (Fsp3) is 0.0952. The quantitative estimate of drug-likeness (QED) is 0.579. The molecule has 2 aromatic carbocycles. The summed E-state index contributed by atoms with van der Waals surface area (Å²) in [6, 6.07) is 18.0. The number of hydrogen-bond acceptors (Lipinski definition) is 4. The Bertz CT molecular complexity index is 990. The molecule has 2 amide bonds. The number of carbonyl (C=O) groups is 2. The minimum absolute atomic E-state index is 0.137. The van der Waals surface area contributed by atoms with Gasteiger partial charge >= 0.3 is 0 Å². The van der Waals surface area contributed by atoms with Crippen LogP contribution in [0.2, 0.25) is 5.02 Å². The van der Waals surface area contributed by atoms with Gasteiger partial charge in [-0.15, -0.1) is 0 Å². The van der Waals surface area contributed by atoms with Crippen molar-refractivity contribution >= 4 is 40.6 Å². The minimum atomic E-state index is -0.230. The lowest BCUT2D eigenvalue weighted by Gasteiger charge is -2.09. The van der Waals surface area contributed by atoms with Crippen LogP contribution in [-0.4, -0.2) is 16.8 Å². The molecule has 28 heavy (non-hydrogen) atoms. The van der Waals surface area contributed by atoms with Gasteiger partial charge in [-0.25, -0.2) is 4.98 Å². The minimum Gasteiger partial charge on any atom is -0.348 e. The molecule has 3 N–H and O–H groups in total. The van der Waals surface area contributed by atoms with E-state index in [1.54, 1.807) is 30.3 Å². The number of anilines is 3. The van der Waals surface area contributed by atoms with Gasteiger partial charge in [-0.3, -0.25) is 9.59 Å². The second-order valence-electron chi connectivity index (χ2n) is 6.09. The van der Waals surface area contributed by atoms with Crippen molar-refractivity contribution in [1.82, 2.24) is 10.3 Å². The van der Waals surface area contributed by atoms with E-state index in [1.807, 2.05) is 30.3 Å². The number of benzene rings is 2. The molecule has 3 aromatic rings. The summed E-state index contributed by atoms with van der Waals surface area (Å²) < 4.78 is 0. The molecule has 0 radical (unpaired) electrons. The highest BCUT2D eigenvalue weighted by atomic mass is 35.5. The van der Waals surface area contributed by atoms with E-state index in [2.05, 4.69) is 20.9 Å². The Labute approximate surface area is 168 Å². The predicted octanol–water partition coefficient (Wildman–Crippen LogP) is 4.37. The number of rotatable bonds is 6. The Morgan fingerprint density at radius 2 is 1.79 bits per heavy atom. The maximum atomic E-state index is 12.3. The monoisotopic (exact) mass is 394 g/mol. The number of hydrogen-bond donors (Lipinski definition) is 3. The van der Waals surface area contributed by atoms with Crippen molar-refractivity contribution in [3.05, 3.63) is 83.0 Å². The highest BCUT2D eigenvalue weighted by Crippen LogP contribution is 2.19. The summed E-state index contributed by atoms with van der Waals surface area (Å²) >= 11 is 6.10. The number of carbonyl (C=O) groups excluding carboxylic acids is 2. The number of nitrogens with zero attached hydrogens (tertiary/aromatic N) is 1. The first kappa shape index (κ1) is 19.4. The van der Waals surface area contributed by atoms with E-state index in [1.165, 1.54) is 13.1 Å². The predicted molar refractivity (Wildman–Crippen MR) is 111 cm³/mol. The van der Waals surface area contributed by atoms with Crippen LogP contribution in [0.25, 0.3) is 0 Å². The molecular weight excluding hydrogens is 376 g/mol. The van der Waals surface area contributed by atoms with Crippen LogP contribution in [-0.2, 0) is 11.3 Å². The average molecular weight is 395 g/mol. The summed E-state index contributed by atoms with van der Waals surface area (Å²) in [6.45, 7) is 1.80. The summed E-state index contributed by atoms with van der Waals surface area (Å²) in [5.74, 6) is 0.219. The van der Waals surface area contributed by atoms with Gasteiger partial charge in [0.05, 0.1) is 5.56 Å². The standard InChI is InChI=1S/C21H19ClN4O2/c1-14(27)25-17-6-4-7-18(11-17)26-20-10-9-16(13-23-20)21(28)24-12-15-5-2-3-8-19(15)22/h2-11,13H,12H2,1H3,(H,23,26)(H,24,28)(H,25,27). The van der Waals surface area contributed by atoms with Crippen molar-refractivity contribution < 1.29 is 9.59 Å². The molecule has 0 aliphatic carbocycles. The molecule has 6 nitrogen and oxygen atoms in total. The topological polar surface area (TPSA) is 83.1 Å². The molecule has 0 aliphatic heterocycles. The zero-order valence-electron chi connectivity index (χ0n) is 15.2. The summed E-state index contributed by atoms with van der Waals surface area (Å²) in [4.78, 5) is 27.7. The van der Waals surface area contributed by atoms with Gasteiger partial charge in [0.1, 0.15) is 5.82 Å². The molecular formula is C21H19ClN4O2. The van der Waals surface area contributed by atoms with E-state index in [-0.39, 0.29) is 11.8 Å². The summed E-state index contributed by atoms with van der Waals surface area (Å²) in [5.41, 5.74) is 2.76. The van der Waals surface area contributed by atoms with Crippen LogP contribution in [0, 0.1) is 0 Å². The van der Waals surface area contributed by atoms with Crippen molar-refractivity contribution in [2.24, 2.45) is 0 Å². The Kier molecular flexibility index (Phi) is 6.24. The van der Waals surface area contributed by atoms with Gasteiger partial charge in [0.2, 0.25) is 5.91 Å². The molecule has 0 saturated carbocycles. The fourth-order valence-electron chi connectivity index (χ4n) is 2.55. The molecule has 0 fully saturated rings. The van der Waals surface area contributed by atoms with E-state index < -0.39 is 0 Å². The van der Waals surface area contributed by atoms with Gasteiger partial charge < -0.3 is 16.0 Å². The van der Waals surface area contributed by atoms with Gasteiger partial charge in [-0.1, -0.05) is 35.9 Å². The van der Waals surface area contributed by atoms with E-state index >= 15 is 0 Å². The zero-order chi connectivity index (χ0) is 19.9. The van der Waals surface area contributed by atoms with Crippen molar-refractivity contribution in [3.8, 4) is 0 Å². The Morgan fingerprint density at radius 3 is 2.50 bits per heavy atom. The molecule has 0 unspecified atom stereocenters. The van der Waals surface area contributed by atoms with Crippen LogP contribution in [0.3, 0.4) is 0 Å². The van der Waals surface area contributed by atoms with Crippen molar-refractivity contribution in [1.29, 1.82) is 0 Å². The van der Waals surface area contributed by atoms with Crippen LogP contribution < -0.4 is 16.0 Å². The Hall–Kier alpha value is -3.38. The van der Waals surface area contributed by atoms with Gasteiger partial charge in [0, 0.05) is 36.1 Å². The lowest BCUT2D eigenvalue weighted by atomic mass is 10.2. The third-order valence-electron chi connectivity index (χ3n) is 3.88. The summed E-state index contributed by atoms with van der Waals surface area (Å²) in [7, 11) is 0. The first-order valence-electron chi connectivity index (χ1n) is 8.63. The van der Waals surface area contributed by atoms with Crippen molar-refractivity contribution in [3.63, 3.8) is 0 Å².